The Morgan fingerprint density at radius 2 is 1.53 bits per heavy atom. The van der Waals surface area contributed by atoms with Gasteiger partial charge in [-0.1, -0.05) is 6.07 Å². The molecule has 8 heteroatoms. The topological polar surface area (TPSA) is 87.6 Å². The highest BCUT2D eigenvalue weighted by Gasteiger charge is 2.15. The number of esters is 1. The number of hydrogen-bond acceptors (Lipinski definition) is 8. The number of hydrogen-bond donors (Lipinski definition) is 1. The van der Waals surface area contributed by atoms with E-state index in [1.807, 2.05) is 19.9 Å². The molecule has 30 heavy (non-hydrogen) atoms. The zero-order chi connectivity index (χ0) is 22.1. The molecule has 1 N–H and O–H groups in total. The normalized spacial score (nSPS) is 11.1. The van der Waals surface area contributed by atoms with Gasteiger partial charge in [-0.25, -0.2) is 4.79 Å². The van der Waals surface area contributed by atoms with E-state index in [2.05, 4.69) is 10.5 Å². The lowest BCUT2D eigenvalue weighted by atomic mass is 10.1. The maximum atomic E-state index is 12.2. The first kappa shape index (κ1) is 22.9. The van der Waals surface area contributed by atoms with Gasteiger partial charge in [0.15, 0.2) is 23.0 Å². The van der Waals surface area contributed by atoms with E-state index < -0.39 is 5.97 Å². The van der Waals surface area contributed by atoms with Crippen LogP contribution in [-0.2, 0) is 16.0 Å². The summed E-state index contributed by atoms with van der Waals surface area (Å²) in [6, 6.07) is 10.7. The summed E-state index contributed by atoms with van der Waals surface area (Å²) in [5.41, 5.74) is 4.55. The fraction of sp³-hybridized carbons (Fsp3) is 0.364. The number of carbonyl (C=O) groups excluding carboxylic acids is 1. The fourth-order valence-corrected chi connectivity index (χ4v) is 2.68. The van der Waals surface area contributed by atoms with Gasteiger partial charge < -0.3 is 23.7 Å². The molecule has 162 valence electrons. The highest BCUT2D eigenvalue weighted by atomic mass is 16.5. The monoisotopic (exact) mass is 416 g/mol. The summed E-state index contributed by atoms with van der Waals surface area (Å²) in [6.07, 6.45) is 0.222. The van der Waals surface area contributed by atoms with Gasteiger partial charge in [-0.3, -0.25) is 5.43 Å². The molecule has 0 fully saturated rings. The molecule has 0 amide bonds. The predicted octanol–water partition coefficient (Wildman–Crippen LogP) is 3.68. The lowest BCUT2D eigenvalue weighted by molar-refractivity contribution is -0.132. The van der Waals surface area contributed by atoms with Gasteiger partial charge in [-0.05, 0) is 43.7 Å². The van der Waals surface area contributed by atoms with Crippen LogP contribution >= 0.6 is 0 Å². The number of nitrogens with zero attached hydrogens (tertiary/aromatic N) is 1. The van der Waals surface area contributed by atoms with Gasteiger partial charge in [0.25, 0.3) is 0 Å². The molecule has 0 radical (unpaired) electrons. The maximum absolute atomic E-state index is 12.2. The zero-order valence-electron chi connectivity index (χ0n) is 18.1. The molecular formula is C22H28N2O6. The van der Waals surface area contributed by atoms with Gasteiger partial charge in [0, 0.05) is 12.5 Å². The van der Waals surface area contributed by atoms with Crippen molar-refractivity contribution in [1.82, 2.24) is 0 Å². The van der Waals surface area contributed by atoms with E-state index in [4.69, 9.17) is 23.7 Å². The summed E-state index contributed by atoms with van der Waals surface area (Å²) in [7, 11) is 6.01. The fourth-order valence-electron chi connectivity index (χ4n) is 2.68. The second-order valence-corrected chi connectivity index (χ2v) is 6.56. The summed E-state index contributed by atoms with van der Waals surface area (Å²) in [4.78, 5) is 12.2. The van der Waals surface area contributed by atoms with Crippen LogP contribution in [0.2, 0.25) is 0 Å². The second kappa shape index (κ2) is 10.9. The molecule has 0 atom stereocenters. The van der Waals surface area contributed by atoms with E-state index in [0.29, 0.717) is 28.7 Å². The van der Waals surface area contributed by atoms with Gasteiger partial charge in [0.05, 0.1) is 40.2 Å². The first-order valence-electron chi connectivity index (χ1n) is 9.38. The number of carbonyl (C=O) groups is 1. The molecule has 0 heterocycles. The number of benzene rings is 2. The van der Waals surface area contributed by atoms with Crippen LogP contribution in [0.25, 0.3) is 0 Å². The predicted molar refractivity (Wildman–Crippen MR) is 115 cm³/mol. The molecule has 2 rings (SSSR count). The summed E-state index contributed by atoms with van der Waals surface area (Å²) in [5.74, 6) is 1.82. The molecule has 0 aromatic heterocycles. The highest BCUT2D eigenvalue weighted by Crippen LogP contribution is 2.31. The third-order valence-corrected chi connectivity index (χ3v) is 4.09. The number of anilines is 1. The van der Waals surface area contributed by atoms with Crippen molar-refractivity contribution in [3.63, 3.8) is 0 Å². The summed E-state index contributed by atoms with van der Waals surface area (Å²) in [6.45, 7) is 3.85. The van der Waals surface area contributed by atoms with Crippen LogP contribution in [0.4, 0.5) is 5.69 Å². The molecule has 0 aliphatic carbocycles. The molecule has 2 aromatic rings. The second-order valence-electron chi connectivity index (χ2n) is 6.56. The molecule has 0 bridgehead atoms. The number of rotatable bonds is 10. The van der Waals surface area contributed by atoms with Gasteiger partial charge in [0.1, 0.15) is 5.71 Å². The van der Waals surface area contributed by atoms with Crippen LogP contribution in [0.15, 0.2) is 41.5 Å². The number of nitrogens with one attached hydrogen (secondary N) is 1. The number of methoxy groups -OCH3 is 4. The Balaban J connectivity index is 2.27. The Hall–Kier alpha value is -3.42. The van der Waals surface area contributed by atoms with E-state index >= 15 is 0 Å². The Bertz CT molecular complexity index is 895. The average molecular weight is 416 g/mol. The first-order chi connectivity index (χ1) is 14.4. The molecule has 0 spiro atoms. The van der Waals surface area contributed by atoms with Gasteiger partial charge >= 0.3 is 5.97 Å². The lowest BCUT2D eigenvalue weighted by Crippen LogP contribution is -2.20. The van der Waals surface area contributed by atoms with Gasteiger partial charge in [0.2, 0.25) is 0 Å². The zero-order valence-corrected chi connectivity index (χ0v) is 18.1. The van der Waals surface area contributed by atoms with Crippen molar-refractivity contribution in [3.8, 4) is 23.0 Å². The minimum absolute atomic E-state index is 0.0201. The minimum Gasteiger partial charge on any atom is -0.493 e. The van der Waals surface area contributed by atoms with E-state index in [-0.39, 0.29) is 18.2 Å². The van der Waals surface area contributed by atoms with E-state index in [0.717, 1.165) is 5.56 Å². The van der Waals surface area contributed by atoms with Crippen molar-refractivity contribution in [3.05, 3.63) is 42.0 Å². The summed E-state index contributed by atoms with van der Waals surface area (Å²) < 4.78 is 26.5. The minimum atomic E-state index is -0.538. The molecule has 0 saturated heterocycles. The Kier molecular flexibility index (Phi) is 8.34. The van der Waals surface area contributed by atoms with Crippen LogP contribution in [0, 0.1) is 0 Å². The van der Waals surface area contributed by atoms with Crippen LogP contribution < -0.4 is 24.4 Å². The van der Waals surface area contributed by atoms with E-state index in [1.54, 1.807) is 51.7 Å². The number of hydrazone groups is 1. The Labute approximate surface area is 176 Å². The molecule has 0 aliphatic rings. The first-order valence-corrected chi connectivity index (χ1v) is 9.38. The lowest BCUT2D eigenvalue weighted by Gasteiger charge is -2.15. The average Bonchev–Trinajstić information content (AvgIpc) is 2.75. The summed E-state index contributed by atoms with van der Waals surface area (Å²) in [5, 5.41) is 4.26. The van der Waals surface area contributed by atoms with Crippen molar-refractivity contribution in [2.45, 2.75) is 26.4 Å². The van der Waals surface area contributed by atoms with E-state index in [1.165, 1.54) is 7.11 Å². The highest BCUT2D eigenvalue weighted by molar-refractivity contribution is 6.37. The standard InChI is InChI=1S/C22H28N2O6/c1-14(2)30-21-13-16(8-10-19(21)27-4)23-24-17(22(25)29-6)11-15-7-9-18(26-3)20(12-15)28-5/h7-10,12-14,23H,11H2,1-6H3/b24-17+. The van der Waals surface area contributed by atoms with Crippen molar-refractivity contribution in [2.75, 3.05) is 33.9 Å². The molecule has 8 nitrogen and oxygen atoms in total. The number of ether oxygens (including phenoxy) is 5. The summed E-state index contributed by atoms with van der Waals surface area (Å²) >= 11 is 0. The van der Waals surface area contributed by atoms with E-state index in [9.17, 15) is 4.79 Å². The Morgan fingerprint density at radius 3 is 2.13 bits per heavy atom. The maximum Gasteiger partial charge on any atom is 0.354 e. The SMILES string of the molecule is COC(=O)/C(Cc1ccc(OC)c(OC)c1)=N/Nc1ccc(OC)c(OC(C)C)c1. The Morgan fingerprint density at radius 1 is 0.900 bits per heavy atom. The van der Waals surface area contributed by atoms with Gasteiger partial charge in [-0.2, -0.15) is 5.10 Å². The van der Waals surface area contributed by atoms with Crippen LogP contribution in [0.5, 0.6) is 23.0 Å². The van der Waals surface area contributed by atoms with Crippen LogP contribution in [0.3, 0.4) is 0 Å². The van der Waals surface area contributed by atoms with Crippen LogP contribution in [-0.4, -0.2) is 46.2 Å². The van der Waals surface area contributed by atoms with Crippen LogP contribution in [0.1, 0.15) is 19.4 Å². The third-order valence-electron chi connectivity index (χ3n) is 4.09. The molecule has 0 unspecified atom stereocenters. The van der Waals surface area contributed by atoms with Crippen molar-refractivity contribution in [1.29, 1.82) is 0 Å². The molecule has 2 aromatic carbocycles. The van der Waals surface area contributed by atoms with Crippen molar-refractivity contribution in [2.24, 2.45) is 5.10 Å². The largest absolute Gasteiger partial charge is 0.493 e. The van der Waals surface area contributed by atoms with Crippen molar-refractivity contribution < 1.29 is 28.5 Å². The molecular weight excluding hydrogens is 388 g/mol. The van der Waals surface area contributed by atoms with Gasteiger partial charge in [-0.15, -0.1) is 0 Å². The van der Waals surface area contributed by atoms with Crippen molar-refractivity contribution >= 4 is 17.4 Å². The smallest absolute Gasteiger partial charge is 0.354 e. The quantitative estimate of drug-likeness (QED) is 0.359. The molecule has 0 aliphatic heterocycles. The third kappa shape index (κ3) is 6.04. The molecule has 0 saturated carbocycles.